The summed E-state index contributed by atoms with van der Waals surface area (Å²) in [5, 5.41) is 0. The summed E-state index contributed by atoms with van der Waals surface area (Å²) in [7, 11) is 4.25. The lowest BCUT2D eigenvalue weighted by atomic mass is 9.97. The van der Waals surface area contributed by atoms with E-state index < -0.39 is 0 Å². The maximum Gasteiger partial charge on any atom is 0.0227 e. The van der Waals surface area contributed by atoms with Crippen LogP contribution in [0.5, 0.6) is 0 Å². The predicted octanol–water partition coefficient (Wildman–Crippen LogP) is 3.65. The van der Waals surface area contributed by atoms with Crippen molar-refractivity contribution >= 4 is 0 Å². The van der Waals surface area contributed by atoms with Crippen LogP contribution in [0.1, 0.15) is 43.4 Å². The Balaban J connectivity index is 2.83. The molecular formula is C15H25N. The number of hydrogen-bond donors (Lipinski definition) is 0. The number of hydrogen-bond acceptors (Lipinski definition) is 1. The number of benzene rings is 1. The molecule has 1 aromatic rings. The molecule has 1 aromatic carbocycles. The van der Waals surface area contributed by atoms with Crippen molar-refractivity contribution in [2.24, 2.45) is 0 Å². The summed E-state index contributed by atoms with van der Waals surface area (Å²) in [4.78, 5) is 2.23. The molecule has 0 radical (unpaired) electrons. The van der Waals surface area contributed by atoms with Gasteiger partial charge in [0, 0.05) is 6.54 Å². The van der Waals surface area contributed by atoms with Gasteiger partial charge < -0.3 is 4.90 Å². The molecule has 0 aromatic heterocycles. The Hall–Kier alpha value is -0.820. The predicted molar refractivity (Wildman–Crippen MR) is 71.8 cm³/mol. The molecule has 0 amide bonds. The minimum atomic E-state index is 1.04. The SMILES string of the molecule is CCCCc1cc(CN(C)C)ccc1CC. The van der Waals surface area contributed by atoms with Gasteiger partial charge >= 0.3 is 0 Å². The topological polar surface area (TPSA) is 3.24 Å². The second kappa shape index (κ2) is 6.70. The molecule has 0 saturated heterocycles. The monoisotopic (exact) mass is 219 g/mol. The van der Waals surface area contributed by atoms with Gasteiger partial charge in [-0.1, -0.05) is 38.5 Å². The molecule has 0 atom stereocenters. The number of rotatable bonds is 6. The van der Waals surface area contributed by atoms with Gasteiger partial charge in [-0.3, -0.25) is 0 Å². The lowest BCUT2D eigenvalue weighted by molar-refractivity contribution is 0.402. The minimum Gasteiger partial charge on any atom is -0.305 e. The Bertz CT molecular complexity index is 315. The molecule has 0 aliphatic carbocycles. The van der Waals surface area contributed by atoms with Gasteiger partial charge in [0.2, 0.25) is 0 Å². The van der Waals surface area contributed by atoms with E-state index in [-0.39, 0.29) is 0 Å². The molecule has 90 valence electrons. The van der Waals surface area contributed by atoms with Crippen LogP contribution in [0.25, 0.3) is 0 Å². The lowest BCUT2D eigenvalue weighted by Crippen LogP contribution is -2.11. The largest absolute Gasteiger partial charge is 0.305 e. The van der Waals surface area contributed by atoms with Crippen molar-refractivity contribution in [2.45, 2.75) is 46.1 Å². The third-order valence-corrected chi connectivity index (χ3v) is 2.95. The molecule has 0 N–H and O–H groups in total. The Labute approximate surface area is 100 Å². The number of aryl methyl sites for hydroxylation is 2. The van der Waals surface area contributed by atoms with Gasteiger partial charge in [0.15, 0.2) is 0 Å². The highest BCUT2D eigenvalue weighted by Crippen LogP contribution is 2.16. The molecule has 0 heterocycles. The van der Waals surface area contributed by atoms with Crippen LogP contribution in [0, 0.1) is 0 Å². The van der Waals surface area contributed by atoms with E-state index in [0.717, 1.165) is 13.0 Å². The van der Waals surface area contributed by atoms with E-state index in [4.69, 9.17) is 0 Å². The first-order valence-electron chi connectivity index (χ1n) is 6.42. The van der Waals surface area contributed by atoms with Gasteiger partial charge in [-0.25, -0.2) is 0 Å². The summed E-state index contributed by atoms with van der Waals surface area (Å²) in [6.07, 6.45) is 4.97. The third kappa shape index (κ3) is 3.97. The Kier molecular flexibility index (Phi) is 5.54. The quantitative estimate of drug-likeness (QED) is 0.706. The van der Waals surface area contributed by atoms with Crippen LogP contribution in [0.4, 0.5) is 0 Å². The van der Waals surface area contributed by atoms with Crippen LogP contribution < -0.4 is 0 Å². The second-order valence-corrected chi connectivity index (χ2v) is 4.80. The average Bonchev–Trinajstić information content (AvgIpc) is 2.25. The van der Waals surface area contributed by atoms with E-state index in [1.165, 1.54) is 30.4 Å². The summed E-state index contributed by atoms with van der Waals surface area (Å²) in [6, 6.07) is 6.98. The van der Waals surface area contributed by atoms with Gasteiger partial charge in [0.1, 0.15) is 0 Å². The van der Waals surface area contributed by atoms with Crippen molar-refractivity contribution in [2.75, 3.05) is 14.1 Å². The van der Waals surface area contributed by atoms with Crippen molar-refractivity contribution in [1.82, 2.24) is 4.90 Å². The van der Waals surface area contributed by atoms with Gasteiger partial charge in [0.25, 0.3) is 0 Å². The minimum absolute atomic E-state index is 1.04. The molecule has 0 bridgehead atoms. The smallest absolute Gasteiger partial charge is 0.0227 e. The standard InChI is InChI=1S/C15H25N/c1-5-7-8-15-11-13(12-16(3)4)9-10-14(15)6-2/h9-11H,5-8,12H2,1-4H3. The maximum atomic E-state index is 2.40. The van der Waals surface area contributed by atoms with Crippen LogP contribution in [-0.2, 0) is 19.4 Å². The summed E-state index contributed by atoms with van der Waals surface area (Å²) >= 11 is 0. The van der Waals surface area contributed by atoms with E-state index in [0.29, 0.717) is 0 Å². The third-order valence-electron chi connectivity index (χ3n) is 2.95. The van der Waals surface area contributed by atoms with Gasteiger partial charge in [-0.15, -0.1) is 0 Å². The maximum absolute atomic E-state index is 2.40. The van der Waals surface area contributed by atoms with Crippen LogP contribution >= 0.6 is 0 Å². The molecule has 16 heavy (non-hydrogen) atoms. The fourth-order valence-corrected chi connectivity index (χ4v) is 2.09. The zero-order valence-electron chi connectivity index (χ0n) is 11.2. The Morgan fingerprint density at radius 2 is 1.81 bits per heavy atom. The summed E-state index contributed by atoms with van der Waals surface area (Å²) in [5.41, 5.74) is 4.52. The zero-order chi connectivity index (χ0) is 12.0. The van der Waals surface area contributed by atoms with E-state index >= 15 is 0 Å². The van der Waals surface area contributed by atoms with Crippen LogP contribution in [-0.4, -0.2) is 19.0 Å². The van der Waals surface area contributed by atoms with E-state index in [9.17, 15) is 0 Å². The number of unbranched alkanes of at least 4 members (excludes halogenated alkanes) is 1. The molecule has 0 aliphatic heterocycles. The van der Waals surface area contributed by atoms with E-state index in [2.05, 4.69) is 51.0 Å². The van der Waals surface area contributed by atoms with Crippen LogP contribution in [0.15, 0.2) is 18.2 Å². The van der Waals surface area contributed by atoms with Crippen molar-refractivity contribution in [1.29, 1.82) is 0 Å². The highest BCUT2D eigenvalue weighted by atomic mass is 15.0. The average molecular weight is 219 g/mol. The molecule has 0 aliphatic rings. The highest BCUT2D eigenvalue weighted by molar-refractivity contribution is 5.32. The number of nitrogens with zero attached hydrogens (tertiary/aromatic N) is 1. The first-order valence-corrected chi connectivity index (χ1v) is 6.42. The lowest BCUT2D eigenvalue weighted by Gasteiger charge is -2.13. The zero-order valence-corrected chi connectivity index (χ0v) is 11.2. The summed E-state index contributed by atoms with van der Waals surface area (Å²) in [6.45, 7) is 5.55. The molecule has 0 spiro atoms. The highest BCUT2D eigenvalue weighted by Gasteiger charge is 2.03. The molecule has 0 fully saturated rings. The van der Waals surface area contributed by atoms with Crippen molar-refractivity contribution in [3.05, 3.63) is 34.9 Å². The Morgan fingerprint density at radius 3 is 2.38 bits per heavy atom. The first-order chi connectivity index (χ1) is 7.67. The molecule has 1 rings (SSSR count). The van der Waals surface area contributed by atoms with E-state index in [1.54, 1.807) is 5.56 Å². The molecule has 0 saturated carbocycles. The fraction of sp³-hybridized carbons (Fsp3) is 0.600. The van der Waals surface area contributed by atoms with Gasteiger partial charge in [-0.2, -0.15) is 0 Å². The van der Waals surface area contributed by atoms with Gasteiger partial charge in [-0.05, 0) is 50.0 Å². The fourth-order valence-electron chi connectivity index (χ4n) is 2.09. The van der Waals surface area contributed by atoms with Gasteiger partial charge in [0.05, 0.1) is 0 Å². The normalized spacial score (nSPS) is 11.1. The van der Waals surface area contributed by atoms with Crippen molar-refractivity contribution < 1.29 is 0 Å². The second-order valence-electron chi connectivity index (χ2n) is 4.80. The van der Waals surface area contributed by atoms with Crippen LogP contribution in [0.3, 0.4) is 0 Å². The Morgan fingerprint density at radius 1 is 1.06 bits per heavy atom. The van der Waals surface area contributed by atoms with Crippen molar-refractivity contribution in [3.63, 3.8) is 0 Å². The van der Waals surface area contributed by atoms with Crippen LogP contribution in [0.2, 0.25) is 0 Å². The summed E-state index contributed by atoms with van der Waals surface area (Å²) in [5.74, 6) is 0. The van der Waals surface area contributed by atoms with E-state index in [1.807, 2.05) is 0 Å². The van der Waals surface area contributed by atoms with Crippen molar-refractivity contribution in [3.8, 4) is 0 Å². The molecule has 1 heteroatoms. The molecule has 0 unspecified atom stereocenters. The first kappa shape index (κ1) is 13.2. The summed E-state index contributed by atoms with van der Waals surface area (Å²) < 4.78 is 0. The molecular weight excluding hydrogens is 194 g/mol. The molecule has 1 nitrogen and oxygen atoms in total.